The molecule has 13 heavy (non-hydrogen) atoms. The first-order valence-electron chi connectivity index (χ1n) is 3.75. The van der Waals surface area contributed by atoms with E-state index < -0.39 is 17.4 Å². The Morgan fingerprint density at radius 1 is 1.38 bits per heavy atom. The van der Waals surface area contributed by atoms with Crippen molar-refractivity contribution in [3.8, 4) is 0 Å². The topological polar surface area (TPSA) is 43.1 Å². The molecule has 2 nitrogen and oxygen atoms in total. The van der Waals surface area contributed by atoms with Crippen LogP contribution in [0.4, 0.5) is 8.78 Å². The number of hydrogen-bond donors (Lipinski definition) is 1. The third-order valence-electron chi connectivity index (χ3n) is 1.75. The van der Waals surface area contributed by atoms with Gasteiger partial charge in [0.05, 0.1) is 6.54 Å². The van der Waals surface area contributed by atoms with E-state index in [-0.39, 0.29) is 12.1 Å². The second-order valence-electron chi connectivity index (χ2n) is 2.71. The van der Waals surface area contributed by atoms with Crippen molar-refractivity contribution in [3.05, 3.63) is 34.9 Å². The largest absolute Gasteiger partial charge is 0.324 e. The van der Waals surface area contributed by atoms with Crippen molar-refractivity contribution in [3.63, 3.8) is 0 Å². The second kappa shape index (κ2) is 3.62. The molecule has 0 bridgehead atoms. The number of aryl methyl sites for hydroxylation is 1. The highest BCUT2D eigenvalue weighted by Crippen LogP contribution is 2.14. The summed E-state index contributed by atoms with van der Waals surface area (Å²) in [6.07, 6.45) is 0. The van der Waals surface area contributed by atoms with Gasteiger partial charge in [-0.15, -0.1) is 0 Å². The van der Waals surface area contributed by atoms with Gasteiger partial charge < -0.3 is 5.73 Å². The molecular weight excluding hydrogens is 176 g/mol. The van der Waals surface area contributed by atoms with Gasteiger partial charge in [0, 0.05) is 5.56 Å². The van der Waals surface area contributed by atoms with E-state index in [1.54, 1.807) is 0 Å². The molecule has 0 aliphatic rings. The Hall–Kier alpha value is -1.29. The zero-order valence-electron chi connectivity index (χ0n) is 7.10. The van der Waals surface area contributed by atoms with Gasteiger partial charge in [-0.1, -0.05) is 0 Å². The van der Waals surface area contributed by atoms with Gasteiger partial charge in [-0.05, 0) is 24.6 Å². The number of ketones is 1. The summed E-state index contributed by atoms with van der Waals surface area (Å²) < 4.78 is 25.3. The summed E-state index contributed by atoms with van der Waals surface area (Å²) in [5, 5.41) is 0. The summed E-state index contributed by atoms with van der Waals surface area (Å²) in [5.74, 6) is -2.37. The SMILES string of the molecule is Cc1cc(F)c(F)cc1C(=O)CN. The van der Waals surface area contributed by atoms with Crippen molar-refractivity contribution < 1.29 is 13.6 Å². The molecular formula is C9H9F2NO. The highest BCUT2D eigenvalue weighted by Gasteiger charge is 2.11. The standard InChI is InChI=1S/C9H9F2NO/c1-5-2-7(10)8(11)3-6(5)9(13)4-12/h2-3H,4,12H2,1H3. The molecule has 0 aliphatic carbocycles. The fraction of sp³-hybridized carbons (Fsp3) is 0.222. The minimum absolute atomic E-state index is 0.140. The fourth-order valence-corrected chi connectivity index (χ4v) is 1.06. The van der Waals surface area contributed by atoms with Crippen LogP contribution in [0, 0.1) is 18.6 Å². The van der Waals surface area contributed by atoms with Gasteiger partial charge in [-0.2, -0.15) is 0 Å². The Balaban J connectivity index is 3.23. The lowest BCUT2D eigenvalue weighted by Crippen LogP contribution is -2.15. The van der Waals surface area contributed by atoms with E-state index in [2.05, 4.69) is 0 Å². The van der Waals surface area contributed by atoms with Crippen molar-refractivity contribution >= 4 is 5.78 Å². The van der Waals surface area contributed by atoms with Gasteiger partial charge in [0.25, 0.3) is 0 Å². The predicted octanol–water partition coefficient (Wildman–Crippen LogP) is 1.41. The highest BCUT2D eigenvalue weighted by molar-refractivity contribution is 5.98. The molecule has 0 aromatic heterocycles. The molecule has 0 aliphatic heterocycles. The third-order valence-corrected chi connectivity index (χ3v) is 1.75. The molecule has 1 aromatic carbocycles. The minimum Gasteiger partial charge on any atom is -0.324 e. The summed E-state index contributed by atoms with van der Waals surface area (Å²) in [7, 11) is 0. The van der Waals surface area contributed by atoms with Crippen molar-refractivity contribution in [1.82, 2.24) is 0 Å². The number of Topliss-reactive ketones (excluding diaryl/α,β-unsaturated/α-hetero) is 1. The molecule has 0 radical (unpaired) electrons. The fourth-order valence-electron chi connectivity index (χ4n) is 1.06. The van der Waals surface area contributed by atoms with Crippen LogP contribution in [0.2, 0.25) is 0 Å². The van der Waals surface area contributed by atoms with Crippen LogP contribution in [-0.2, 0) is 0 Å². The maximum Gasteiger partial charge on any atom is 0.176 e. The zero-order valence-corrected chi connectivity index (χ0v) is 7.10. The number of rotatable bonds is 2. The molecule has 0 unspecified atom stereocenters. The lowest BCUT2D eigenvalue weighted by Gasteiger charge is -2.03. The van der Waals surface area contributed by atoms with Gasteiger partial charge in [-0.25, -0.2) is 8.78 Å². The van der Waals surface area contributed by atoms with Gasteiger partial charge in [0.1, 0.15) is 0 Å². The van der Waals surface area contributed by atoms with E-state index in [0.29, 0.717) is 5.56 Å². The van der Waals surface area contributed by atoms with Gasteiger partial charge >= 0.3 is 0 Å². The van der Waals surface area contributed by atoms with Gasteiger partial charge in [-0.3, -0.25) is 4.79 Å². The Morgan fingerprint density at radius 2 is 1.92 bits per heavy atom. The first kappa shape index (κ1) is 9.80. The van der Waals surface area contributed by atoms with E-state index >= 15 is 0 Å². The normalized spacial score (nSPS) is 10.2. The minimum atomic E-state index is -1.03. The van der Waals surface area contributed by atoms with Gasteiger partial charge in [0.15, 0.2) is 17.4 Å². The van der Waals surface area contributed by atoms with Gasteiger partial charge in [0.2, 0.25) is 0 Å². The molecule has 0 amide bonds. The van der Waals surface area contributed by atoms with Crippen molar-refractivity contribution in [2.75, 3.05) is 6.54 Å². The van der Waals surface area contributed by atoms with E-state index in [1.165, 1.54) is 6.92 Å². The van der Waals surface area contributed by atoms with E-state index in [0.717, 1.165) is 12.1 Å². The predicted molar refractivity (Wildman–Crippen MR) is 44.5 cm³/mol. The smallest absolute Gasteiger partial charge is 0.176 e. The van der Waals surface area contributed by atoms with E-state index in [1.807, 2.05) is 0 Å². The molecule has 1 rings (SSSR count). The summed E-state index contributed by atoms with van der Waals surface area (Å²) in [6, 6.07) is 1.86. The van der Waals surface area contributed by atoms with Crippen LogP contribution in [0.15, 0.2) is 12.1 Å². The monoisotopic (exact) mass is 185 g/mol. The molecule has 2 N–H and O–H groups in total. The molecule has 0 heterocycles. The summed E-state index contributed by atoms with van der Waals surface area (Å²) in [5.41, 5.74) is 5.63. The number of carbonyl (C=O) groups is 1. The molecule has 4 heteroatoms. The molecule has 0 spiro atoms. The Labute approximate surface area is 74.4 Å². The third kappa shape index (κ3) is 1.89. The Morgan fingerprint density at radius 3 is 2.46 bits per heavy atom. The zero-order chi connectivity index (χ0) is 10.0. The van der Waals surface area contributed by atoms with Crippen LogP contribution in [0.5, 0.6) is 0 Å². The van der Waals surface area contributed by atoms with Crippen molar-refractivity contribution in [2.45, 2.75) is 6.92 Å². The van der Waals surface area contributed by atoms with Crippen LogP contribution in [-0.4, -0.2) is 12.3 Å². The Kier molecular flexibility index (Phi) is 2.72. The van der Waals surface area contributed by atoms with E-state index in [9.17, 15) is 13.6 Å². The molecule has 0 saturated heterocycles. The molecule has 0 fully saturated rings. The lowest BCUT2D eigenvalue weighted by molar-refractivity contribution is 0.100. The summed E-state index contributed by atoms with van der Waals surface area (Å²) >= 11 is 0. The number of nitrogens with two attached hydrogens (primary N) is 1. The summed E-state index contributed by atoms with van der Waals surface area (Å²) in [4.78, 5) is 11.1. The van der Waals surface area contributed by atoms with Crippen molar-refractivity contribution in [1.29, 1.82) is 0 Å². The highest BCUT2D eigenvalue weighted by atomic mass is 19.2. The van der Waals surface area contributed by atoms with Crippen LogP contribution in [0.25, 0.3) is 0 Å². The maximum atomic E-state index is 12.7. The average molecular weight is 185 g/mol. The first-order chi connectivity index (χ1) is 6.06. The maximum absolute atomic E-state index is 12.7. The van der Waals surface area contributed by atoms with Crippen LogP contribution >= 0.6 is 0 Å². The lowest BCUT2D eigenvalue weighted by atomic mass is 10.0. The molecule has 1 aromatic rings. The van der Waals surface area contributed by atoms with E-state index in [4.69, 9.17) is 5.73 Å². The number of carbonyl (C=O) groups excluding carboxylic acids is 1. The second-order valence-corrected chi connectivity index (χ2v) is 2.71. The summed E-state index contributed by atoms with van der Waals surface area (Å²) in [6.45, 7) is 1.33. The van der Waals surface area contributed by atoms with Crippen LogP contribution < -0.4 is 5.73 Å². The molecule has 70 valence electrons. The average Bonchev–Trinajstić information content (AvgIpc) is 2.10. The first-order valence-corrected chi connectivity index (χ1v) is 3.75. The number of benzene rings is 1. The van der Waals surface area contributed by atoms with Crippen LogP contribution in [0.3, 0.4) is 0 Å². The van der Waals surface area contributed by atoms with Crippen LogP contribution in [0.1, 0.15) is 15.9 Å². The Bertz CT molecular complexity index is 350. The number of halogens is 2. The van der Waals surface area contributed by atoms with Crippen molar-refractivity contribution in [2.24, 2.45) is 5.73 Å². The molecule has 0 atom stereocenters. The number of hydrogen-bond acceptors (Lipinski definition) is 2. The molecule has 0 saturated carbocycles. The quantitative estimate of drug-likeness (QED) is 0.708.